The molecule has 27 heavy (non-hydrogen) atoms. The summed E-state index contributed by atoms with van der Waals surface area (Å²) in [7, 11) is -3.69. The Kier molecular flexibility index (Phi) is 5.99. The molecule has 1 aliphatic rings. The first-order chi connectivity index (χ1) is 12.7. The molecular weight excluding hydrogens is 470 g/mol. The molecule has 3 atom stereocenters. The van der Waals surface area contributed by atoms with Gasteiger partial charge in [-0.25, -0.2) is 8.42 Å². The lowest BCUT2D eigenvalue weighted by Gasteiger charge is -2.17. The van der Waals surface area contributed by atoms with Crippen LogP contribution in [0.5, 0.6) is 0 Å². The van der Waals surface area contributed by atoms with Crippen molar-refractivity contribution in [3.8, 4) is 0 Å². The molecule has 1 saturated carbocycles. The molecule has 0 aliphatic heterocycles. The predicted molar refractivity (Wildman–Crippen MR) is 115 cm³/mol. The van der Waals surface area contributed by atoms with Crippen LogP contribution in [0.2, 0.25) is 5.02 Å². The molecule has 2 aromatic rings. The van der Waals surface area contributed by atoms with Crippen molar-refractivity contribution in [2.24, 2.45) is 11.1 Å². The third kappa shape index (κ3) is 3.68. The molecule has 0 spiro atoms. The van der Waals surface area contributed by atoms with Gasteiger partial charge in [-0.1, -0.05) is 51.9 Å². The Bertz CT molecular complexity index is 948. The summed E-state index contributed by atoms with van der Waals surface area (Å²) in [4.78, 5) is 0.361. The first-order valence-electron chi connectivity index (χ1n) is 8.37. The molecule has 0 bridgehead atoms. The van der Waals surface area contributed by atoms with E-state index in [1.54, 1.807) is 12.1 Å². The van der Waals surface area contributed by atoms with Gasteiger partial charge in [-0.2, -0.15) is 0 Å². The van der Waals surface area contributed by atoms with Crippen molar-refractivity contribution in [2.75, 3.05) is 13.2 Å². The Balaban J connectivity index is 2.10. The highest BCUT2D eigenvalue weighted by Crippen LogP contribution is 2.64. The van der Waals surface area contributed by atoms with E-state index in [0.717, 1.165) is 10.0 Å². The van der Waals surface area contributed by atoms with Crippen molar-refractivity contribution in [1.82, 2.24) is 0 Å². The third-order valence-electron chi connectivity index (χ3n) is 4.97. The van der Waals surface area contributed by atoms with Crippen LogP contribution in [0.15, 0.2) is 57.9 Å². The third-order valence-corrected chi connectivity index (χ3v) is 8.42. The summed E-state index contributed by atoms with van der Waals surface area (Å²) < 4.78 is 33.4. The minimum absolute atomic E-state index is 0.159. The Morgan fingerprint density at radius 3 is 2.33 bits per heavy atom. The summed E-state index contributed by atoms with van der Waals surface area (Å²) in [5, 5.41) is -0.305. The summed E-state index contributed by atoms with van der Waals surface area (Å²) in [5.41, 5.74) is 6.01. The molecule has 0 amide bonds. The van der Waals surface area contributed by atoms with E-state index in [0.29, 0.717) is 11.6 Å². The molecule has 2 aromatic carbocycles. The van der Waals surface area contributed by atoms with Gasteiger partial charge in [0.15, 0.2) is 9.84 Å². The fourth-order valence-corrected chi connectivity index (χ4v) is 6.74. The van der Waals surface area contributed by atoms with E-state index in [1.807, 2.05) is 31.2 Å². The normalized spacial score (nSPS) is 24.6. The van der Waals surface area contributed by atoms with Gasteiger partial charge in [-0.3, -0.25) is 0 Å². The van der Waals surface area contributed by atoms with E-state index >= 15 is 0 Å². The molecular formula is C19H19BrClNO3S2. The van der Waals surface area contributed by atoms with Gasteiger partial charge in [0.25, 0.3) is 0 Å². The van der Waals surface area contributed by atoms with Crippen LogP contribution < -0.4 is 5.73 Å². The van der Waals surface area contributed by atoms with Crippen molar-refractivity contribution < 1.29 is 13.2 Å². The average Bonchev–Trinajstić information content (AvgIpc) is 3.32. The van der Waals surface area contributed by atoms with Gasteiger partial charge < -0.3 is 10.5 Å². The summed E-state index contributed by atoms with van der Waals surface area (Å²) in [6, 6.07) is 13.7. The van der Waals surface area contributed by atoms with E-state index < -0.39 is 20.5 Å². The van der Waals surface area contributed by atoms with Crippen molar-refractivity contribution in [2.45, 2.75) is 23.0 Å². The van der Waals surface area contributed by atoms with E-state index in [9.17, 15) is 8.42 Å². The van der Waals surface area contributed by atoms with Crippen LogP contribution in [0, 0.1) is 5.41 Å². The zero-order valence-corrected chi connectivity index (χ0v) is 18.5. The monoisotopic (exact) mass is 487 g/mol. The van der Waals surface area contributed by atoms with Crippen molar-refractivity contribution in [3.63, 3.8) is 0 Å². The van der Waals surface area contributed by atoms with Crippen LogP contribution in [-0.4, -0.2) is 31.9 Å². The van der Waals surface area contributed by atoms with Gasteiger partial charge in [0, 0.05) is 22.0 Å². The van der Waals surface area contributed by atoms with Gasteiger partial charge in [-0.05, 0) is 48.9 Å². The van der Waals surface area contributed by atoms with E-state index in [-0.39, 0.29) is 22.4 Å². The van der Waals surface area contributed by atoms with Crippen LogP contribution in [0.25, 0.3) is 0 Å². The maximum Gasteiger partial charge on any atom is 0.182 e. The SMILES string of the molecule is CCOC[C@@]1(C(N)=S)[C@@H](c2ccc(Br)cc2)[C@@H]1S(=O)(=O)c1ccc(Cl)cc1. The largest absolute Gasteiger partial charge is 0.393 e. The number of halogens is 2. The second-order valence-electron chi connectivity index (χ2n) is 6.49. The number of thiocarbonyl (C=S) groups is 1. The molecule has 8 heteroatoms. The van der Waals surface area contributed by atoms with Gasteiger partial charge >= 0.3 is 0 Å². The highest BCUT2D eigenvalue weighted by molar-refractivity contribution is 9.10. The first-order valence-corrected chi connectivity index (χ1v) is 11.5. The number of rotatable bonds is 7. The zero-order valence-electron chi connectivity index (χ0n) is 14.6. The standard InChI is InChI=1S/C19H19BrClNO3S2/c1-2-25-11-19(18(22)26)16(12-3-5-13(20)6-4-12)17(19)27(23,24)15-9-7-14(21)8-10-15/h3-10,16-17H,2,11H2,1H3,(H2,22,26)/t16-,17-,19+/m0/s1. The molecule has 0 saturated heterocycles. The summed E-state index contributed by atoms with van der Waals surface area (Å²) >= 11 is 14.6. The topological polar surface area (TPSA) is 69.4 Å². The molecule has 1 fully saturated rings. The van der Waals surface area contributed by atoms with E-state index in [4.69, 9.17) is 34.3 Å². The van der Waals surface area contributed by atoms with Crippen LogP contribution in [0.1, 0.15) is 18.4 Å². The maximum atomic E-state index is 13.4. The summed E-state index contributed by atoms with van der Waals surface area (Å²) in [5.74, 6) is -0.365. The fourth-order valence-electron chi connectivity index (χ4n) is 3.58. The number of sulfone groups is 1. The summed E-state index contributed by atoms with van der Waals surface area (Å²) in [6.45, 7) is 2.47. The lowest BCUT2D eigenvalue weighted by atomic mass is 10.00. The highest BCUT2D eigenvalue weighted by atomic mass is 79.9. The molecule has 2 N–H and O–H groups in total. The Morgan fingerprint density at radius 2 is 1.81 bits per heavy atom. The summed E-state index contributed by atoms with van der Waals surface area (Å²) in [6.07, 6.45) is 0. The molecule has 144 valence electrons. The van der Waals surface area contributed by atoms with E-state index in [2.05, 4.69) is 15.9 Å². The Morgan fingerprint density at radius 1 is 1.22 bits per heavy atom. The lowest BCUT2D eigenvalue weighted by molar-refractivity contribution is 0.121. The molecule has 0 heterocycles. The van der Waals surface area contributed by atoms with Crippen molar-refractivity contribution >= 4 is 54.6 Å². The van der Waals surface area contributed by atoms with E-state index in [1.165, 1.54) is 12.1 Å². The predicted octanol–water partition coefficient (Wildman–Crippen LogP) is 4.35. The van der Waals surface area contributed by atoms with Gasteiger partial charge in [0.05, 0.1) is 27.2 Å². The highest BCUT2D eigenvalue weighted by Gasteiger charge is 2.73. The quantitative estimate of drug-likeness (QED) is 0.587. The molecule has 0 aromatic heterocycles. The average molecular weight is 489 g/mol. The second-order valence-corrected chi connectivity index (χ2v) is 10.4. The van der Waals surface area contributed by atoms with Crippen LogP contribution in [-0.2, 0) is 14.6 Å². The Labute approximate surface area is 178 Å². The number of ether oxygens (including phenoxy) is 1. The first kappa shape index (κ1) is 20.7. The molecule has 4 nitrogen and oxygen atoms in total. The lowest BCUT2D eigenvalue weighted by Crippen LogP contribution is -2.33. The number of nitrogens with two attached hydrogens (primary N) is 1. The molecule has 0 unspecified atom stereocenters. The minimum atomic E-state index is -3.69. The smallest absolute Gasteiger partial charge is 0.182 e. The van der Waals surface area contributed by atoms with Crippen molar-refractivity contribution in [3.05, 3.63) is 63.6 Å². The number of hydrogen-bond acceptors (Lipinski definition) is 4. The zero-order chi connectivity index (χ0) is 19.8. The van der Waals surface area contributed by atoms with Gasteiger partial charge in [-0.15, -0.1) is 0 Å². The fraction of sp³-hybridized carbons (Fsp3) is 0.316. The Hall–Kier alpha value is -0.990. The second kappa shape index (κ2) is 7.79. The van der Waals surface area contributed by atoms with Gasteiger partial charge in [0.2, 0.25) is 0 Å². The number of hydrogen-bond donors (Lipinski definition) is 1. The van der Waals surface area contributed by atoms with Crippen LogP contribution in [0.3, 0.4) is 0 Å². The minimum Gasteiger partial charge on any atom is -0.393 e. The molecule has 1 aliphatic carbocycles. The van der Waals surface area contributed by atoms with Crippen molar-refractivity contribution in [1.29, 1.82) is 0 Å². The van der Waals surface area contributed by atoms with Crippen LogP contribution in [0.4, 0.5) is 0 Å². The van der Waals surface area contributed by atoms with Crippen LogP contribution >= 0.6 is 39.7 Å². The number of benzene rings is 2. The molecule has 0 radical (unpaired) electrons. The maximum absolute atomic E-state index is 13.4. The van der Waals surface area contributed by atoms with Gasteiger partial charge in [0.1, 0.15) is 0 Å². The molecule has 3 rings (SSSR count).